The van der Waals surface area contributed by atoms with E-state index in [4.69, 9.17) is 25.8 Å². The van der Waals surface area contributed by atoms with Crippen molar-refractivity contribution in [1.82, 2.24) is 0 Å². The molecule has 204 valence electrons. The van der Waals surface area contributed by atoms with Crippen LogP contribution in [0.5, 0.6) is 17.2 Å². The number of para-hydroxylation sites is 1. The molecule has 1 heterocycles. The Labute approximate surface area is 239 Å². The molecule has 4 atom stereocenters. The molecule has 0 aliphatic carbocycles. The first-order valence-electron chi connectivity index (χ1n) is 13.2. The predicted octanol–water partition coefficient (Wildman–Crippen LogP) is 8.77. The number of ether oxygens (including phenoxy) is 3. The topological polar surface area (TPSA) is 65.0 Å². The highest BCUT2D eigenvalue weighted by molar-refractivity contribution is 6.30. The Balaban J connectivity index is 1.59. The Hall–Kier alpha value is -4.06. The van der Waals surface area contributed by atoms with Crippen molar-refractivity contribution in [1.29, 1.82) is 0 Å². The molecule has 0 unspecified atom stereocenters. The van der Waals surface area contributed by atoms with Gasteiger partial charge < -0.3 is 19.3 Å². The summed E-state index contributed by atoms with van der Waals surface area (Å²) in [5.41, 5.74) is 3.87. The Kier molecular flexibility index (Phi) is 8.54. The summed E-state index contributed by atoms with van der Waals surface area (Å²) < 4.78 is 18.9. The van der Waals surface area contributed by atoms with E-state index in [1.165, 1.54) is 5.56 Å². The lowest BCUT2D eigenvalue weighted by molar-refractivity contribution is -0.139. The number of hydrogen-bond donors (Lipinski definition) is 1. The molecule has 0 spiro atoms. The number of halogens is 1. The molecule has 0 amide bonds. The maximum atomic E-state index is 11.4. The lowest BCUT2D eigenvalue weighted by Gasteiger charge is -2.43. The third-order valence-corrected chi connectivity index (χ3v) is 7.46. The van der Waals surface area contributed by atoms with Crippen LogP contribution in [-0.4, -0.2) is 17.7 Å². The zero-order valence-electron chi connectivity index (χ0n) is 22.2. The molecular formula is C34H31ClO5. The third-order valence-electron chi connectivity index (χ3n) is 7.21. The molecule has 5 rings (SSSR count). The van der Waals surface area contributed by atoms with Gasteiger partial charge in [0.1, 0.15) is 17.2 Å². The standard InChI is InChI=1S/C34H31ClO5/c1-22(2)28-20-29(23-9-5-3-6-10-23)33(24-13-15-25(35)16-14-24)40-34(28)30-19-27(39-26-11-7-4-8-12-26)17-18-31(30)38-21-32(36)37/h3-19,28-29,33-34H,1,20-21H2,2H3,(H,36,37)/t28-,29-,33+,34+/m1/s1. The number of hydrogen-bond acceptors (Lipinski definition) is 4. The molecule has 1 fully saturated rings. The molecular weight excluding hydrogens is 524 g/mol. The van der Waals surface area contributed by atoms with Crippen molar-refractivity contribution >= 4 is 17.6 Å². The number of carboxylic acid groups (broad SMARTS) is 1. The summed E-state index contributed by atoms with van der Waals surface area (Å²) in [6, 6.07) is 33.0. The zero-order chi connectivity index (χ0) is 28.1. The van der Waals surface area contributed by atoms with Gasteiger partial charge in [0.05, 0.1) is 12.2 Å². The normalized spacial score (nSPS) is 20.4. The highest BCUT2D eigenvalue weighted by Crippen LogP contribution is 2.53. The lowest BCUT2D eigenvalue weighted by atomic mass is 9.74. The quantitative estimate of drug-likeness (QED) is 0.209. The first-order valence-corrected chi connectivity index (χ1v) is 13.6. The van der Waals surface area contributed by atoms with Gasteiger partial charge in [-0.2, -0.15) is 0 Å². The minimum atomic E-state index is -1.06. The van der Waals surface area contributed by atoms with Crippen LogP contribution in [-0.2, 0) is 9.53 Å². The first kappa shape index (κ1) is 27.5. The molecule has 0 saturated carbocycles. The van der Waals surface area contributed by atoms with Gasteiger partial charge in [-0.15, -0.1) is 0 Å². The zero-order valence-corrected chi connectivity index (χ0v) is 23.0. The van der Waals surface area contributed by atoms with Gasteiger partial charge in [-0.1, -0.05) is 84.4 Å². The second kappa shape index (κ2) is 12.4. The van der Waals surface area contributed by atoms with Gasteiger partial charge in [-0.05, 0) is 66.9 Å². The SMILES string of the molecule is C=C(C)[C@H]1C[C@H](c2ccccc2)[C@H](c2ccc(Cl)cc2)O[C@@H]1c1cc(Oc2ccccc2)ccc1OCC(=O)O. The van der Waals surface area contributed by atoms with E-state index in [1.807, 2.05) is 85.8 Å². The summed E-state index contributed by atoms with van der Waals surface area (Å²) in [4.78, 5) is 11.4. The van der Waals surface area contributed by atoms with Crippen LogP contribution in [0.4, 0.5) is 0 Å². The van der Waals surface area contributed by atoms with Crippen molar-refractivity contribution in [2.75, 3.05) is 6.61 Å². The second-order valence-corrected chi connectivity index (χ2v) is 10.5. The van der Waals surface area contributed by atoms with Gasteiger partial charge in [0.25, 0.3) is 0 Å². The summed E-state index contributed by atoms with van der Waals surface area (Å²) >= 11 is 6.23. The van der Waals surface area contributed by atoms with Crippen molar-refractivity contribution < 1.29 is 24.1 Å². The minimum Gasteiger partial charge on any atom is -0.482 e. The van der Waals surface area contributed by atoms with Crippen molar-refractivity contribution in [3.63, 3.8) is 0 Å². The largest absolute Gasteiger partial charge is 0.482 e. The summed E-state index contributed by atoms with van der Waals surface area (Å²) in [6.45, 7) is 5.86. The molecule has 1 N–H and O–H groups in total. The molecule has 1 saturated heterocycles. The van der Waals surface area contributed by atoms with Crippen molar-refractivity contribution in [3.05, 3.63) is 137 Å². The molecule has 40 heavy (non-hydrogen) atoms. The van der Waals surface area contributed by atoms with Crippen LogP contribution in [0.1, 0.15) is 48.2 Å². The van der Waals surface area contributed by atoms with Crippen LogP contribution in [0, 0.1) is 5.92 Å². The molecule has 4 aromatic carbocycles. The van der Waals surface area contributed by atoms with Crippen molar-refractivity contribution in [3.8, 4) is 17.2 Å². The summed E-state index contributed by atoms with van der Waals surface area (Å²) in [5, 5.41) is 9.99. The Bertz CT molecular complexity index is 1450. The Morgan fingerprint density at radius 3 is 2.23 bits per heavy atom. The van der Waals surface area contributed by atoms with E-state index < -0.39 is 18.7 Å². The van der Waals surface area contributed by atoms with Gasteiger partial charge >= 0.3 is 5.97 Å². The average molecular weight is 555 g/mol. The van der Waals surface area contributed by atoms with Crippen LogP contribution < -0.4 is 9.47 Å². The van der Waals surface area contributed by atoms with E-state index in [0.29, 0.717) is 27.8 Å². The highest BCUT2D eigenvalue weighted by atomic mass is 35.5. The second-order valence-electron chi connectivity index (χ2n) is 10.0. The molecule has 5 nitrogen and oxygen atoms in total. The van der Waals surface area contributed by atoms with Crippen molar-refractivity contribution in [2.24, 2.45) is 5.92 Å². The molecule has 0 radical (unpaired) electrons. The predicted molar refractivity (Wildman–Crippen MR) is 156 cm³/mol. The Morgan fingerprint density at radius 2 is 1.57 bits per heavy atom. The molecule has 6 heteroatoms. The average Bonchev–Trinajstić information content (AvgIpc) is 2.97. The maximum absolute atomic E-state index is 11.4. The lowest BCUT2D eigenvalue weighted by Crippen LogP contribution is -2.32. The van der Waals surface area contributed by atoms with E-state index >= 15 is 0 Å². The van der Waals surface area contributed by atoms with Gasteiger partial charge in [0, 0.05) is 22.4 Å². The summed E-state index contributed by atoms with van der Waals surface area (Å²) in [5.74, 6) is 0.672. The number of rotatable bonds is 9. The van der Waals surface area contributed by atoms with Gasteiger partial charge in [-0.25, -0.2) is 4.79 Å². The van der Waals surface area contributed by atoms with Crippen LogP contribution in [0.2, 0.25) is 5.02 Å². The Morgan fingerprint density at radius 1 is 0.900 bits per heavy atom. The fraction of sp³-hybridized carbons (Fsp3) is 0.206. The van der Waals surface area contributed by atoms with E-state index in [2.05, 4.69) is 18.7 Å². The summed E-state index contributed by atoms with van der Waals surface area (Å²) in [7, 11) is 0. The van der Waals surface area contributed by atoms with Crippen LogP contribution in [0.15, 0.2) is 115 Å². The van der Waals surface area contributed by atoms with Gasteiger partial charge in [0.2, 0.25) is 0 Å². The fourth-order valence-electron chi connectivity index (χ4n) is 5.30. The van der Waals surface area contributed by atoms with Crippen LogP contribution in [0.3, 0.4) is 0 Å². The number of carbonyl (C=O) groups is 1. The van der Waals surface area contributed by atoms with E-state index in [9.17, 15) is 9.90 Å². The van der Waals surface area contributed by atoms with E-state index in [-0.39, 0.29) is 17.9 Å². The highest BCUT2D eigenvalue weighted by Gasteiger charge is 2.41. The van der Waals surface area contributed by atoms with Crippen LogP contribution >= 0.6 is 11.6 Å². The molecule has 1 aliphatic heterocycles. The van der Waals surface area contributed by atoms with Gasteiger partial charge in [0.15, 0.2) is 6.61 Å². The van der Waals surface area contributed by atoms with Crippen molar-refractivity contribution in [2.45, 2.75) is 31.5 Å². The summed E-state index contributed by atoms with van der Waals surface area (Å²) in [6.07, 6.45) is 0.0342. The molecule has 1 aliphatic rings. The first-order chi connectivity index (χ1) is 19.4. The van der Waals surface area contributed by atoms with Gasteiger partial charge in [-0.3, -0.25) is 0 Å². The van der Waals surface area contributed by atoms with E-state index in [1.54, 1.807) is 12.1 Å². The van der Waals surface area contributed by atoms with Crippen LogP contribution in [0.25, 0.3) is 0 Å². The smallest absolute Gasteiger partial charge is 0.341 e. The molecule has 0 bridgehead atoms. The molecule has 0 aromatic heterocycles. The maximum Gasteiger partial charge on any atom is 0.341 e. The number of aliphatic carboxylic acids is 1. The molecule has 4 aromatic rings. The number of carboxylic acids is 1. The van der Waals surface area contributed by atoms with E-state index in [0.717, 1.165) is 17.6 Å². The third kappa shape index (κ3) is 6.39. The minimum absolute atomic E-state index is 0.0621. The monoisotopic (exact) mass is 554 g/mol. The number of benzene rings is 4. The fourth-order valence-corrected chi connectivity index (χ4v) is 5.43.